The lowest BCUT2D eigenvalue weighted by molar-refractivity contribution is 0.132. The fourth-order valence-electron chi connectivity index (χ4n) is 4.08. The third-order valence-corrected chi connectivity index (χ3v) is 5.72. The first kappa shape index (κ1) is 18.8. The lowest BCUT2D eigenvalue weighted by Crippen LogP contribution is -2.50. The van der Waals surface area contributed by atoms with Crippen LogP contribution in [0.1, 0.15) is 24.0 Å². The Morgan fingerprint density at radius 2 is 1.71 bits per heavy atom. The maximum atomic E-state index is 12.7. The fourth-order valence-corrected chi connectivity index (χ4v) is 4.08. The summed E-state index contributed by atoms with van der Waals surface area (Å²) in [4.78, 5) is 17.0. The molecule has 0 atom stereocenters. The maximum Gasteiger partial charge on any atom is 0.321 e. The molecule has 4 rings (SSSR count). The number of anilines is 1. The van der Waals surface area contributed by atoms with Crippen LogP contribution in [0.4, 0.5) is 10.5 Å². The molecule has 0 aromatic heterocycles. The van der Waals surface area contributed by atoms with Gasteiger partial charge in [0.15, 0.2) is 0 Å². The molecule has 1 fully saturated rings. The van der Waals surface area contributed by atoms with Crippen LogP contribution in [0.2, 0.25) is 0 Å². The van der Waals surface area contributed by atoms with E-state index in [0.29, 0.717) is 6.61 Å². The second kappa shape index (κ2) is 9.11. The first-order valence-corrected chi connectivity index (χ1v) is 10.4. The zero-order valence-electron chi connectivity index (χ0n) is 16.4. The lowest BCUT2D eigenvalue weighted by Gasteiger charge is -2.34. The van der Waals surface area contributed by atoms with Gasteiger partial charge in [0.05, 0.1) is 0 Å². The van der Waals surface area contributed by atoms with Gasteiger partial charge in [-0.3, -0.25) is 4.90 Å². The standard InChI is InChI=1S/C23H29N3O2/c27-23(24-22-12-6-8-19-7-4-5-11-21(19)22)26-15-13-25(14-16-26)17-18-28-20-9-2-1-3-10-20/h1-3,6,8-10,12H,4-5,7,11,13-18H2,(H,24,27). The van der Waals surface area contributed by atoms with Gasteiger partial charge in [-0.25, -0.2) is 4.79 Å². The summed E-state index contributed by atoms with van der Waals surface area (Å²) < 4.78 is 5.78. The van der Waals surface area contributed by atoms with E-state index in [4.69, 9.17) is 4.74 Å². The third-order valence-electron chi connectivity index (χ3n) is 5.72. The Balaban J connectivity index is 1.23. The molecule has 28 heavy (non-hydrogen) atoms. The Hall–Kier alpha value is -2.53. The van der Waals surface area contributed by atoms with Crippen LogP contribution in [-0.2, 0) is 12.8 Å². The predicted molar refractivity (Wildman–Crippen MR) is 112 cm³/mol. The molecule has 1 aliphatic carbocycles. The molecular formula is C23H29N3O2. The number of amides is 2. The van der Waals surface area contributed by atoms with Crippen molar-refractivity contribution < 1.29 is 9.53 Å². The number of ether oxygens (including phenoxy) is 1. The van der Waals surface area contributed by atoms with E-state index in [9.17, 15) is 4.79 Å². The molecule has 2 aromatic carbocycles. The number of aryl methyl sites for hydroxylation is 1. The van der Waals surface area contributed by atoms with Crippen molar-refractivity contribution in [1.29, 1.82) is 0 Å². The van der Waals surface area contributed by atoms with Crippen molar-refractivity contribution in [2.24, 2.45) is 0 Å². The zero-order chi connectivity index (χ0) is 19.2. The molecule has 2 amide bonds. The molecule has 1 saturated heterocycles. The Kier molecular flexibility index (Phi) is 6.12. The average Bonchev–Trinajstić information content (AvgIpc) is 2.75. The molecular weight excluding hydrogens is 350 g/mol. The SMILES string of the molecule is O=C(Nc1cccc2c1CCCC2)N1CCN(CCOc2ccccc2)CC1. The molecule has 1 N–H and O–H groups in total. The van der Waals surface area contributed by atoms with Crippen molar-refractivity contribution in [2.75, 3.05) is 44.6 Å². The Morgan fingerprint density at radius 3 is 2.54 bits per heavy atom. The monoisotopic (exact) mass is 379 g/mol. The van der Waals surface area contributed by atoms with Crippen LogP contribution in [-0.4, -0.2) is 55.2 Å². The molecule has 2 aromatic rings. The van der Waals surface area contributed by atoms with Crippen LogP contribution < -0.4 is 10.1 Å². The summed E-state index contributed by atoms with van der Waals surface area (Å²) in [7, 11) is 0. The average molecular weight is 380 g/mol. The molecule has 0 bridgehead atoms. The van der Waals surface area contributed by atoms with Gasteiger partial charge in [0.25, 0.3) is 0 Å². The van der Waals surface area contributed by atoms with Gasteiger partial charge in [-0.05, 0) is 55.0 Å². The van der Waals surface area contributed by atoms with E-state index in [0.717, 1.165) is 57.0 Å². The summed E-state index contributed by atoms with van der Waals surface area (Å²) in [5.74, 6) is 0.909. The first-order chi connectivity index (χ1) is 13.8. The topological polar surface area (TPSA) is 44.8 Å². The largest absolute Gasteiger partial charge is 0.492 e. The van der Waals surface area contributed by atoms with Gasteiger partial charge in [-0.1, -0.05) is 30.3 Å². The number of rotatable bonds is 5. The minimum atomic E-state index is 0.0270. The number of nitrogens with one attached hydrogen (secondary N) is 1. The number of para-hydroxylation sites is 1. The Bertz CT molecular complexity index is 786. The number of hydrogen-bond donors (Lipinski definition) is 1. The molecule has 2 aliphatic rings. The summed E-state index contributed by atoms with van der Waals surface area (Å²) >= 11 is 0. The zero-order valence-corrected chi connectivity index (χ0v) is 16.4. The number of piperazine rings is 1. The van der Waals surface area contributed by atoms with Gasteiger partial charge < -0.3 is 15.0 Å². The van der Waals surface area contributed by atoms with E-state index in [1.54, 1.807) is 0 Å². The van der Waals surface area contributed by atoms with Crippen molar-refractivity contribution in [2.45, 2.75) is 25.7 Å². The summed E-state index contributed by atoms with van der Waals surface area (Å²) in [5, 5.41) is 3.16. The number of carbonyl (C=O) groups is 1. The van der Waals surface area contributed by atoms with Crippen molar-refractivity contribution in [3.8, 4) is 5.75 Å². The number of urea groups is 1. The highest BCUT2D eigenvalue weighted by atomic mass is 16.5. The highest BCUT2D eigenvalue weighted by molar-refractivity contribution is 5.90. The molecule has 1 heterocycles. The minimum Gasteiger partial charge on any atom is -0.492 e. The van der Waals surface area contributed by atoms with Crippen LogP contribution in [0.25, 0.3) is 0 Å². The Labute approximate surface area is 167 Å². The molecule has 1 aliphatic heterocycles. The third kappa shape index (κ3) is 4.65. The second-order valence-corrected chi connectivity index (χ2v) is 7.57. The maximum absolute atomic E-state index is 12.7. The summed E-state index contributed by atoms with van der Waals surface area (Å²) in [6.45, 7) is 4.85. The van der Waals surface area contributed by atoms with Crippen molar-refractivity contribution in [3.63, 3.8) is 0 Å². The van der Waals surface area contributed by atoms with Gasteiger partial charge in [0.2, 0.25) is 0 Å². The van der Waals surface area contributed by atoms with Crippen LogP contribution in [0, 0.1) is 0 Å². The van der Waals surface area contributed by atoms with Gasteiger partial charge in [-0.15, -0.1) is 0 Å². The van der Waals surface area contributed by atoms with Crippen molar-refractivity contribution in [1.82, 2.24) is 9.80 Å². The highest BCUT2D eigenvalue weighted by Crippen LogP contribution is 2.28. The van der Waals surface area contributed by atoms with Gasteiger partial charge in [0.1, 0.15) is 12.4 Å². The molecule has 0 radical (unpaired) electrons. The number of benzene rings is 2. The van der Waals surface area contributed by atoms with Crippen LogP contribution in [0.3, 0.4) is 0 Å². The quantitative estimate of drug-likeness (QED) is 0.860. The minimum absolute atomic E-state index is 0.0270. The number of fused-ring (bicyclic) bond motifs is 1. The first-order valence-electron chi connectivity index (χ1n) is 10.4. The molecule has 5 heteroatoms. The number of hydrogen-bond acceptors (Lipinski definition) is 3. The number of carbonyl (C=O) groups excluding carboxylic acids is 1. The fraction of sp³-hybridized carbons (Fsp3) is 0.435. The smallest absolute Gasteiger partial charge is 0.321 e. The van der Waals surface area contributed by atoms with E-state index < -0.39 is 0 Å². The van der Waals surface area contributed by atoms with Crippen LogP contribution in [0.5, 0.6) is 5.75 Å². The lowest BCUT2D eigenvalue weighted by atomic mass is 9.90. The van der Waals surface area contributed by atoms with E-state index in [2.05, 4.69) is 22.3 Å². The summed E-state index contributed by atoms with van der Waals surface area (Å²) in [6, 6.07) is 16.2. The second-order valence-electron chi connectivity index (χ2n) is 7.57. The molecule has 0 saturated carbocycles. The van der Waals surface area contributed by atoms with E-state index >= 15 is 0 Å². The van der Waals surface area contributed by atoms with E-state index in [-0.39, 0.29) is 6.03 Å². The Morgan fingerprint density at radius 1 is 0.929 bits per heavy atom. The van der Waals surface area contributed by atoms with Gasteiger partial charge >= 0.3 is 6.03 Å². The molecule has 148 valence electrons. The number of nitrogens with zero attached hydrogens (tertiary/aromatic N) is 2. The van der Waals surface area contributed by atoms with Gasteiger partial charge in [-0.2, -0.15) is 0 Å². The van der Waals surface area contributed by atoms with E-state index in [1.165, 1.54) is 24.0 Å². The predicted octanol–water partition coefficient (Wildman–Crippen LogP) is 3.79. The summed E-state index contributed by atoms with van der Waals surface area (Å²) in [5.41, 5.74) is 3.73. The normalized spacial score (nSPS) is 17.1. The van der Waals surface area contributed by atoms with E-state index in [1.807, 2.05) is 41.3 Å². The highest BCUT2D eigenvalue weighted by Gasteiger charge is 2.22. The summed E-state index contributed by atoms with van der Waals surface area (Å²) in [6.07, 6.45) is 4.66. The molecule has 0 spiro atoms. The van der Waals surface area contributed by atoms with Crippen molar-refractivity contribution in [3.05, 3.63) is 59.7 Å². The van der Waals surface area contributed by atoms with Gasteiger partial charge in [0, 0.05) is 38.4 Å². The van der Waals surface area contributed by atoms with Crippen LogP contribution in [0.15, 0.2) is 48.5 Å². The van der Waals surface area contributed by atoms with Crippen LogP contribution >= 0.6 is 0 Å². The molecule has 5 nitrogen and oxygen atoms in total. The van der Waals surface area contributed by atoms with Crippen molar-refractivity contribution >= 4 is 11.7 Å². The molecule has 0 unspecified atom stereocenters.